The lowest BCUT2D eigenvalue weighted by molar-refractivity contribution is 0.0332. The van der Waals surface area contributed by atoms with E-state index in [-0.39, 0.29) is 5.91 Å². The summed E-state index contributed by atoms with van der Waals surface area (Å²) < 4.78 is 9.24. The molecule has 0 N–H and O–H groups in total. The van der Waals surface area contributed by atoms with Gasteiger partial charge < -0.3 is 9.64 Å². The minimum atomic E-state index is 0.110. The molecular weight excluding hydrogens is 300 g/mol. The van der Waals surface area contributed by atoms with Crippen LogP contribution in [0.4, 0.5) is 0 Å². The Morgan fingerprint density at radius 1 is 1.27 bits per heavy atom. The molecule has 0 unspecified atom stereocenters. The van der Waals surface area contributed by atoms with Crippen LogP contribution in [0.25, 0.3) is 0 Å². The molecule has 0 spiro atoms. The topological polar surface area (TPSA) is 58.6 Å². The summed E-state index contributed by atoms with van der Waals surface area (Å²) in [5, 5.41) is 3.93. The van der Waals surface area contributed by atoms with Gasteiger partial charge >= 0.3 is 0 Å². The molecule has 2 saturated heterocycles. The summed E-state index contributed by atoms with van der Waals surface area (Å²) >= 11 is 1.21. The van der Waals surface area contributed by atoms with E-state index in [4.69, 9.17) is 4.74 Å². The second-order valence-corrected chi connectivity index (χ2v) is 6.92. The van der Waals surface area contributed by atoms with Crippen molar-refractivity contribution in [1.29, 1.82) is 0 Å². The molecule has 122 valence electrons. The molecule has 0 radical (unpaired) electrons. The Hall–Kier alpha value is -1.05. The molecule has 7 heteroatoms. The first-order chi connectivity index (χ1) is 10.7. The van der Waals surface area contributed by atoms with Gasteiger partial charge in [0.05, 0.1) is 18.9 Å². The van der Waals surface area contributed by atoms with E-state index in [1.807, 2.05) is 11.8 Å². The summed E-state index contributed by atoms with van der Waals surface area (Å²) in [6, 6.07) is 0. The van der Waals surface area contributed by atoms with E-state index in [2.05, 4.69) is 14.5 Å². The second kappa shape index (κ2) is 7.48. The Balaban J connectivity index is 1.42. The third-order valence-electron chi connectivity index (χ3n) is 4.70. The van der Waals surface area contributed by atoms with Gasteiger partial charge in [0.15, 0.2) is 0 Å². The Labute approximate surface area is 135 Å². The van der Waals surface area contributed by atoms with Crippen molar-refractivity contribution in [1.82, 2.24) is 19.4 Å². The third kappa shape index (κ3) is 3.83. The van der Waals surface area contributed by atoms with Gasteiger partial charge in [-0.15, -0.1) is 5.10 Å². The van der Waals surface area contributed by atoms with Crippen LogP contribution < -0.4 is 0 Å². The number of morpholine rings is 1. The number of aryl methyl sites for hydroxylation is 1. The SMILES string of the molecule is Cc1nnsc1C(=O)N1CCC(CCN2CCOCC2)CC1. The number of hydrogen-bond acceptors (Lipinski definition) is 6. The minimum absolute atomic E-state index is 0.110. The summed E-state index contributed by atoms with van der Waals surface area (Å²) in [7, 11) is 0. The summed E-state index contributed by atoms with van der Waals surface area (Å²) in [4.78, 5) is 17.6. The molecule has 2 aliphatic rings. The molecule has 0 aromatic carbocycles. The number of likely N-dealkylation sites (tertiary alicyclic amines) is 1. The van der Waals surface area contributed by atoms with E-state index >= 15 is 0 Å². The highest BCUT2D eigenvalue weighted by molar-refractivity contribution is 7.07. The highest BCUT2D eigenvalue weighted by atomic mass is 32.1. The predicted molar refractivity (Wildman–Crippen MR) is 85.1 cm³/mol. The Kier molecular flexibility index (Phi) is 5.38. The molecule has 0 bridgehead atoms. The van der Waals surface area contributed by atoms with Crippen molar-refractivity contribution in [2.24, 2.45) is 5.92 Å². The highest BCUT2D eigenvalue weighted by Crippen LogP contribution is 2.23. The summed E-state index contributed by atoms with van der Waals surface area (Å²) in [6.07, 6.45) is 3.46. The van der Waals surface area contributed by atoms with E-state index < -0.39 is 0 Å². The van der Waals surface area contributed by atoms with Crippen LogP contribution in [0, 0.1) is 12.8 Å². The molecule has 1 aromatic heterocycles. The molecule has 0 atom stereocenters. The normalized spacial score (nSPS) is 21.2. The maximum absolute atomic E-state index is 12.4. The van der Waals surface area contributed by atoms with Crippen LogP contribution in [0.15, 0.2) is 0 Å². The van der Waals surface area contributed by atoms with E-state index in [0.29, 0.717) is 4.88 Å². The third-order valence-corrected chi connectivity index (χ3v) is 5.52. The molecule has 22 heavy (non-hydrogen) atoms. The van der Waals surface area contributed by atoms with Gasteiger partial charge in [-0.25, -0.2) is 0 Å². The zero-order valence-corrected chi connectivity index (χ0v) is 14.0. The van der Waals surface area contributed by atoms with Gasteiger partial charge in [0.25, 0.3) is 5.91 Å². The Bertz CT molecular complexity index is 493. The molecule has 1 aromatic rings. The first kappa shape index (κ1) is 15.8. The minimum Gasteiger partial charge on any atom is -0.379 e. The van der Waals surface area contributed by atoms with Crippen LogP contribution in [0.1, 0.15) is 34.6 Å². The molecule has 2 aliphatic heterocycles. The van der Waals surface area contributed by atoms with Crippen molar-refractivity contribution >= 4 is 17.4 Å². The second-order valence-electron chi connectivity index (χ2n) is 6.17. The van der Waals surface area contributed by atoms with Crippen LogP contribution in [0.3, 0.4) is 0 Å². The van der Waals surface area contributed by atoms with E-state index in [0.717, 1.165) is 63.8 Å². The lowest BCUT2D eigenvalue weighted by Gasteiger charge is -2.33. The van der Waals surface area contributed by atoms with Crippen molar-refractivity contribution in [3.8, 4) is 0 Å². The molecule has 3 rings (SSSR count). The van der Waals surface area contributed by atoms with Crippen LogP contribution in [0.5, 0.6) is 0 Å². The zero-order valence-electron chi connectivity index (χ0n) is 13.2. The molecule has 0 aliphatic carbocycles. The van der Waals surface area contributed by atoms with Crippen LogP contribution in [-0.2, 0) is 4.74 Å². The molecule has 3 heterocycles. The molecular formula is C15H24N4O2S. The number of nitrogens with zero attached hydrogens (tertiary/aromatic N) is 4. The van der Waals surface area contributed by atoms with Gasteiger partial charge in [-0.1, -0.05) is 4.49 Å². The number of carbonyl (C=O) groups excluding carboxylic acids is 1. The Morgan fingerprint density at radius 2 is 2.00 bits per heavy atom. The van der Waals surface area contributed by atoms with E-state index in [9.17, 15) is 4.79 Å². The van der Waals surface area contributed by atoms with Crippen LogP contribution >= 0.6 is 11.5 Å². The number of rotatable bonds is 4. The Morgan fingerprint density at radius 3 is 2.64 bits per heavy atom. The molecule has 2 fully saturated rings. The molecule has 6 nitrogen and oxygen atoms in total. The predicted octanol–water partition coefficient (Wildman–Crippen LogP) is 1.42. The smallest absolute Gasteiger partial charge is 0.267 e. The lowest BCUT2D eigenvalue weighted by Crippen LogP contribution is -2.40. The highest BCUT2D eigenvalue weighted by Gasteiger charge is 2.26. The first-order valence-corrected chi connectivity index (χ1v) is 8.89. The number of ether oxygens (including phenoxy) is 1. The first-order valence-electron chi connectivity index (χ1n) is 8.12. The summed E-state index contributed by atoms with van der Waals surface area (Å²) in [5.74, 6) is 0.853. The van der Waals surface area contributed by atoms with Gasteiger partial charge in [-0.05, 0) is 50.2 Å². The fourth-order valence-corrected chi connectivity index (χ4v) is 3.81. The fraction of sp³-hybridized carbons (Fsp3) is 0.800. The van der Waals surface area contributed by atoms with Gasteiger partial charge in [-0.2, -0.15) is 0 Å². The fourth-order valence-electron chi connectivity index (χ4n) is 3.19. The molecule has 0 saturated carbocycles. The van der Waals surface area contributed by atoms with Crippen LogP contribution in [0.2, 0.25) is 0 Å². The van der Waals surface area contributed by atoms with Gasteiger partial charge in [-0.3, -0.25) is 9.69 Å². The van der Waals surface area contributed by atoms with Gasteiger partial charge in [0.1, 0.15) is 4.88 Å². The summed E-state index contributed by atoms with van der Waals surface area (Å²) in [5.41, 5.74) is 0.754. The van der Waals surface area contributed by atoms with Crippen molar-refractivity contribution in [3.63, 3.8) is 0 Å². The van der Waals surface area contributed by atoms with E-state index in [1.54, 1.807) is 0 Å². The quantitative estimate of drug-likeness (QED) is 0.838. The summed E-state index contributed by atoms with van der Waals surface area (Å²) in [6.45, 7) is 8.62. The number of piperidine rings is 1. The van der Waals surface area contributed by atoms with Gasteiger partial charge in [0, 0.05) is 26.2 Å². The van der Waals surface area contributed by atoms with Crippen molar-refractivity contribution in [2.45, 2.75) is 26.2 Å². The lowest BCUT2D eigenvalue weighted by atomic mass is 9.93. The van der Waals surface area contributed by atoms with Crippen molar-refractivity contribution < 1.29 is 9.53 Å². The monoisotopic (exact) mass is 324 g/mol. The van der Waals surface area contributed by atoms with Gasteiger partial charge in [0.2, 0.25) is 0 Å². The number of carbonyl (C=O) groups is 1. The van der Waals surface area contributed by atoms with Crippen LogP contribution in [-0.4, -0.2) is 71.2 Å². The average molecular weight is 324 g/mol. The van der Waals surface area contributed by atoms with Crippen molar-refractivity contribution in [2.75, 3.05) is 45.9 Å². The molecule has 1 amide bonds. The zero-order chi connectivity index (χ0) is 15.4. The maximum atomic E-state index is 12.4. The number of aromatic nitrogens is 2. The number of amides is 1. The number of hydrogen-bond donors (Lipinski definition) is 0. The van der Waals surface area contributed by atoms with E-state index in [1.165, 1.54) is 24.5 Å². The largest absolute Gasteiger partial charge is 0.379 e. The standard InChI is InChI=1S/C15H24N4O2S/c1-12-14(22-17-16-12)15(20)19-6-3-13(4-7-19)2-5-18-8-10-21-11-9-18/h13H,2-11H2,1H3. The maximum Gasteiger partial charge on any atom is 0.267 e. The average Bonchev–Trinajstić information content (AvgIpc) is 3.00. The van der Waals surface area contributed by atoms with Crippen molar-refractivity contribution in [3.05, 3.63) is 10.6 Å².